The van der Waals surface area contributed by atoms with Gasteiger partial charge in [0.15, 0.2) is 11.7 Å². The van der Waals surface area contributed by atoms with Gasteiger partial charge in [0.05, 0.1) is 5.92 Å². The molecule has 0 saturated heterocycles. The Bertz CT molecular complexity index is 1810. The molecule has 0 aliphatic rings. The number of carbonyl (C=O) groups excluding carboxylic acids is 7. The molecule has 2 rings (SSSR count). The average Bonchev–Trinajstić information content (AvgIpc) is 3.22. The first-order valence-corrected chi connectivity index (χ1v) is 19.8. The van der Waals surface area contributed by atoms with Crippen molar-refractivity contribution in [3.8, 4) is 12.3 Å². The van der Waals surface area contributed by atoms with Crippen LogP contribution in [0.25, 0.3) is 0 Å². The van der Waals surface area contributed by atoms with E-state index < -0.39 is 59.7 Å². The Labute approximate surface area is 350 Å². The van der Waals surface area contributed by atoms with Gasteiger partial charge in [-0.25, -0.2) is 5.48 Å². The zero-order valence-electron chi connectivity index (χ0n) is 34.2. The minimum atomic E-state index is -1.96. The Morgan fingerprint density at radius 2 is 1.35 bits per heavy atom. The smallest absolute Gasteiger partial charge is 0.272 e. The van der Waals surface area contributed by atoms with Crippen molar-refractivity contribution < 1.29 is 43.9 Å². The fraction of sp³-hybridized carbons (Fsp3) is 0.476. The van der Waals surface area contributed by atoms with E-state index in [0.717, 1.165) is 0 Å². The Morgan fingerprint density at radius 3 is 1.95 bits per heavy atom. The lowest BCUT2D eigenvalue weighted by Crippen LogP contribution is -2.58. The van der Waals surface area contributed by atoms with E-state index in [2.05, 4.69) is 32.2 Å². The number of hydrogen-bond donors (Lipinski definition) is 10. The molecule has 18 nitrogen and oxygen atoms in total. The van der Waals surface area contributed by atoms with Crippen LogP contribution >= 0.6 is 0 Å². The molecule has 5 atom stereocenters. The molecule has 18 heteroatoms. The minimum Gasteiger partial charge on any atom is -0.382 e. The number of hydrogen-bond acceptors (Lipinski definition) is 10. The number of hydroxylamine groups is 1. The van der Waals surface area contributed by atoms with E-state index in [1.165, 1.54) is 5.48 Å². The first-order chi connectivity index (χ1) is 28.6. The van der Waals surface area contributed by atoms with E-state index >= 15 is 0 Å². The lowest BCUT2D eigenvalue weighted by molar-refractivity contribution is -0.147. The second-order valence-corrected chi connectivity index (χ2v) is 14.7. The zero-order valence-corrected chi connectivity index (χ0v) is 34.2. The van der Waals surface area contributed by atoms with Gasteiger partial charge in [0.2, 0.25) is 29.5 Å². The van der Waals surface area contributed by atoms with Crippen LogP contribution in [0.15, 0.2) is 59.6 Å². The van der Waals surface area contributed by atoms with Crippen LogP contribution in [0.1, 0.15) is 93.1 Å². The summed E-state index contributed by atoms with van der Waals surface area (Å²) in [4.78, 5) is 95.3. The van der Waals surface area contributed by atoms with Crippen molar-refractivity contribution in [1.82, 2.24) is 26.7 Å². The topological polar surface area (TPSA) is 311 Å². The number of ketones is 1. The second kappa shape index (κ2) is 26.6. The van der Waals surface area contributed by atoms with Gasteiger partial charge in [0.25, 0.3) is 5.91 Å². The van der Waals surface area contributed by atoms with Crippen LogP contribution in [0, 0.1) is 24.2 Å². The lowest BCUT2D eigenvalue weighted by atomic mass is 9.90. The maximum atomic E-state index is 14.1. The summed E-state index contributed by atoms with van der Waals surface area (Å²) < 4.78 is 0. The molecule has 60 heavy (non-hydrogen) atoms. The molecule has 0 aliphatic carbocycles. The molecule has 0 aliphatic heterocycles. The highest BCUT2D eigenvalue weighted by Gasteiger charge is 2.36. The highest BCUT2D eigenvalue weighted by molar-refractivity contribution is 6.09. The summed E-state index contributed by atoms with van der Waals surface area (Å²) in [6.07, 6.45) is 5.58. The number of terminal acetylenes is 1. The van der Waals surface area contributed by atoms with Gasteiger partial charge in [0, 0.05) is 43.5 Å². The molecule has 1 unspecified atom stereocenters. The van der Waals surface area contributed by atoms with Gasteiger partial charge < -0.3 is 43.6 Å². The predicted molar refractivity (Wildman–Crippen MR) is 223 cm³/mol. The van der Waals surface area contributed by atoms with Crippen LogP contribution < -0.4 is 43.9 Å². The van der Waals surface area contributed by atoms with E-state index in [9.17, 15) is 38.7 Å². The summed E-state index contributed by atoms with van der Waals surface area (Å²) in [5, 5.41) is 30.4. The number of aliphatic imine (C=N–C) groups is 1. The number of primary amides is 1. The first-order valence-electron chi connectivity index (χ1n) is 19.8. The Kier molecular flexibility index (Phi) is 22.1. The van der Waals surface area contributed by atoms with E-state index in [1.54, 1.807) is 68.4 Å². The average molecular weight is 834 g/mol. The standard InChI is InChI=1S/C42H59N9O9/c1-4-5-7-17-34(52)46-22-11-10-15-31(37(43)55)48-40(58)33(25-27-18-20-29(21-19-27)35(53)28-13-8-6-9-14-28)50-39(57)32(16-12-23-47-42(44)45)49-38(56)30(24-26(2)3)36(54)41(59)51-60/h1,6,8-9,13-14,18-21,26,30-33,36,54,60H,5,7,10-12,15-17,22-25H2,2-3H3,(H2,43,55)(H,46,52)(H,48,58)(H,49,56)(H,50,57)(H,51,59)(H4,44,45,47)/t30-,31?,32+,33+,36+/m1/s1. The third-order valence-corrected chi connectivity index (χ3v) is 9.35. The number of amides is 6. The Morgan fingerprint density at radius 1 is 0.750 bits per heavy atom. The fourth-order valence-electron chi connectivity index (χ4n) is 6.15. The number of aliphatic hydroxyl groups excluding tert-OH is 1. The number of unbranched alkanes of at least 4 members (excludes halogenated alkanes) is 2. The third kappa shape index (κ3) is 18.1. The zero-order chi connectivity index (χ0) is 44.6. The molecule has 326 valence electrons. The molecule has 2 aromatic rings. The van der Waals surface area contributed by atoms with Crippen molar-refractivity contribution in [2.45, 2.75) is 102 Å². The maximum Gasteiger partial charge on any atom is 0.272 e. The molecular formula is C42H59N9O9. The molecule has 13 N–H and O–H groups in total. The first kappa shape index (κ1) is 49.8. The van der Waals surface area contributed by atoms with Gasteiger partial charge in [-0.1, -0.05) is 68.4 Å². The number of benzene rings is 2. The highest BCUT2D eigenvalue weighted by atomic mass is 16.5. The van der Waals surface area contributed by atoms with E-state index in [4.69, 9.17) is 28.8 Å². The van der Waals surface area contributed by atoms with Crippen molar-refractivity contribution >= 4 is 47.2 Å². The number of aliphatic hydroxyl groups is 1. The van der Waals surface area contributed by atoms with Crippen molar-refractivity contribution in [2.75, 3.05) is 13.1 Å². The number of nitrogens with two attached hydrogens (primary N) is 3. The Hall–Kier alpha value is -6.32. The minimum absolute atomic E-state index is 0.00391. The van der Waals surface area contributed by atoms with Crippen LogP contribution in [0.5, 0.6) is 0 Å². The summed E-state index contributed by atoms with van der Waals surface area (Å²) in [6, 6.07) is 11.2. The number of guanidine groups is 1. The molecule has 6 amide bonds. The Balaban J connectivity index is 2.38. The molecule has 0 bridgehead atoms. The van der Waals surface area contributed by atoms with Crippen molar-refractivity contribution in [3.63, 3.8) is 0 Å². The van der Waals surface area contributed by atoms with Crippen molar-refractivity contribution in [3.05, 3.63) is 71.3 Å². The van der Waals surface area contributed by atoms with Gasteiger partial charge in [-0.15, -0.1) is 12.3 Å². The molecule has 2 aromatic carbocycles. The molecule has 0 heterocycles. The van der Waals surface area contributed by atoms with Gasteiger partial charge in [-0.2, -0.15) is 0 Å². The highest BCUT2D eigenvalue weighted by Crippen LogP contribution is 2.18. The van der Waals surface area contributed by atoms with Crippen molar-refractivity contribution in [2.24, 2.45) is 34.0 Å². The van der Waals surface area contributed by atoms with E-state index in [-0.39, 0.29) is 68.6 Å². The monoisotopic (exact) mass is 833 g/mol. The normalized spacial score (nSPS) is 13.3. The second-order valence-electron chi connectivity index (χ2n) is 14.7. The van der Waals surface area contributed by atoms with E-state index in [0.29, 0.717) is 48.9 Å². The molecule has 0 spiro atoms. The fourth-order valence-corrected chi connectivity index (χ4v) is 6.15. The predicted octanol–water partition coefficient (Wildman–Crippen LogP) is 0.0720. The maximum absolute atomic E-state index is 14.1. The van der Waals surface area contributed by atoms with Crippen LogP contribution in [0.2, 0.25) is 0 Å². The summed E-state index contributed by atoms with van der Waals surface area (Å²) in [5.41, 5.74) is 19.3. The van der Waals surface area contributed by atoms with Gasteiger partial charge >= 0.3 is 0 Å². The number of rotatable bonds is 27. The molecule has 0 radical (unpaired) electrons. The summed E-state index contributed by atoms with van der Waals surface area (Å²) >= 11 is 0. The quantitative estimate of drug-likeness (QED) is 0.0109. The molecule has 0 saturated carbocycles. The number of nitrogens with zero attached hydrogens (tertiary/aromatic N) is 1. The summed E-state index contributed by atoms with van der Waals surface area (Å²) in [7, 11) is 0. The van der Waals surface area contributed by atoms with Crippen LogP contribution in [-0.4, -0.2) is 94.8 Å². The molecular weight excluding hydrogens is 775 g/mol. The SMILES string of the molecule is C#CCCCC(=O)NCCCCC(NC(=O)[C@H](Cc1ccc(C(=O)c2ccccc2)cc1)NC(=O)[C@H](CCCN=C(N)N)NC(=O)[C@H](CC(C)C)[C@H](O)C(=O)NO)C(N)=O. The summed E-state index contributed by atoms with van der Waals surface area (Å²) in [5.74, 6) is -4.22. The van der Waals surface area contributed by atoms with Gasteiger partial charge in [-0.05, 0) is 56.4 Å². The van der Waals surface area contributed by atoms with E-state index in [1.807, 2.05) is 0 Å². The van der Waals surface area contributed by atoms with Crippen LogP contribution in [-0.2, 0) is 35.2 Å². The summed E-state index contributed by atoms with van der Waals surface area (Å²) in [6.45, 7) is 3.89. The van der Waals surface area contributed by atoms with Gasteiger partial charge in [0.1, 0.15) is 24.2 Å². The number of carbonyl (C=O) groups is 7. The van der Waals surface area contributed by atoms with Crippen LogP contribution in [0.3, 0.4) is 0 Å². The molecule has 0 aromatic heterocycles. The van der Waals surface area contributed by atoms with Crippen LogP contribution in [0.4, 0.5) is 0 Å². The van der Waals surface area contributed by atoms with Crippen molar-refractivity contribution in [1.29, 1.82) is 0 Å². The number of nitrogens with one attached hydrogen (secondary N) is 5. The van der Waals surface area contributed by atoms with Gasteiger partial charge in [-0.3, -0.25) is 43.8 Å². The lowest BCUT2D eigenvalue weighted by Gasteiger charge is -2.27. The third-order valence-electron chi connectivity index (χ3n) is 9.35. The molecule has 0 fully saturated rings. The largest absolute Gasteiger partial charge is 0.382 e.